The molecular formula is C15H30N6. The minimum Gasteiger partial charge on any atom is -0.303 e. The smallest absolute Gasteiger partial charge is 0.0884 e. The Balaban J connectivity index is 3.48. The second-order valence-corrected chi connectivity index (χ2v) is 6.39. The molecule has 1 rings (SSSR count). The Bertz CT molecular complexity index is 425. The molecule has 0 fully saturated rings. The summed E-state index contributed by atoms with van der Waals surface area (Å²) in [5, 5.41) is 12.7. The van der Waals surface area contributed by atoms with Crippen molar-refractivity contribution in [2.75, 3.05) is 42.3 Å². The van der Waals surface area contributed by atoms with E-state index in [1.807, 2.05) is 0 Å². The number of rotatable bonds is 6. The van der Waals surface area contributed by atoms with E-state index in [0.29, 0.717) is 0 Å². The molecule has 0 aromatic carbocycles. The molecule has 0 aliphatic carbocycles. The number of aromatic nitrogens is 3. The first kappa shape index (κ1) is 17.9. The van der Waals surface area contributed by atoms with Crippen LogP contribution in [0.4, 0.5) is 0 Å². The Morgan fingerprint density at radius 1 is 0.619 bits per heavy atom. The van der Waals surface area contributed by atoms with Gasteiger partial charge in [0.25, 0.3) is 0 Å². The second-order valence-electron chi connectivity index (χ2n) is 6.39. The van der Waals surface area contributed by atoms with Crippen LogP contribution in [0, 0.1) is 0 Å². The van der Waals surface area contributed by atoms with Gasteiger partial charge < -0.3 is 14.7 Å². The minimum atomic E-state index is 0.200. The molecule has 21 heavy (non-hydrogen) atoms. The summed E-state index contributed by atoms with van der Waals surface area (Å²) >= 11 is 0. The quantitative estimate of drug-likeness (QED) is 0.796. The zero-order valence-corrected chi connectivity index (χ0v) is 14.9. The van der Waals surface area contributed by atoms with Crippen LogP contribution in [0.25, 0.3) is 0 Å². The van der Waals surface area contributed by atoms with Crippen LogP contribution in [-0.4, -0.2) is 72.4 Å². The van der Waals surface area contributed by atoms with Gasteiger partial charge in [-0.1, -0.05) is 0 Å². The van der Waals surface area contributed by atoms with Gasteiger partial charge in [-0.25, -0.2) is 0 Å². The topological polar surface area (TPSA) is 48.4 Å². The Kier molecular flexibility index (Phi) is 6.19. The molecule has 0 spiro atoms. The zero-order valence-electron chi connectivity index (χ0n) is 14.9. The molecule has 0 aliphatic heterocycles. The lowest BCUT2D eigenvalue weighted by Crippen LogP contribution is -2.29. The summed E-state index contributed by atoms with van der Waals surface area (Å²) in [5.74, 6) is 0. The molecule has 3 atom stereocenters. The molecule has 0 saturated heterocycles. The first-order valence-electron chi connectivity index (χ1n) is 7.40. The third kappa shape index (κ3) is 3.96. The Morgan fingerprint density at radius 2 is 0.952 bits per heavy atom. The van der Waals surface area contributed by atoms with Crippen molar-refractivity contribution in [2.24, 2.45) is 0 Å². The monoisotopic (exact) mass is 294 g/mol. The van der Waals surface area contributed by atoms with Gasteiger partial charge in [-0.15, -0.1) is 10.2 Å². The van der Waals surface area contributed by atoms with E-state index in [9.17, 15) is 0 Å². The third-order valence-electron chi connectivity index (χ3n) is 4.39. The molecule has 0 saturated carbocycles. The van der Waals surface area contributed by atoms with Gasteiger partial charge in [0.1, 0.15) is 0 Å². The maximum absolute atomic E-state index is 4.36. The van der Waals surface area contributed by atoms with E-state index in [1.165, 1.54) is 5.56 Å². The molecule has 1 aromatic rings. The highest BCUT2D eigenvalue weighted by molar-refractivity contribution is 5.31. The van der Waals surface area contributed by atoms with Crippen LogP contribution in [-0.2, 0) is 0 Å². The molecule has 0 bridgehead atoms. The largest absolute Gasteiger partial charge is 0.303 e. The van der Waals surface area contributed by atoms with E-state index < -0.39 is 0 Å². The van der Waals surface area contributed by atoms with Crippen molar-refractivity contribution in [2.45, 2.75) is 38.9 Å². The number of nitrogens with zero attached hydrogens (tertiary/aromatic N) is 6. The summed E-state index contributed by atoms with van der Waals surface area (Å²) in [4.78, 5) is 6.50. The van der Waals surface area contributed by atoms with Gasteiger partial charge in [-0.05, 0) is 68.3 Å². The molecule has 3 unspecified atom stereocenters. The maximum Gasteiger partial charge on any atom is 0.0884 e. The summed E-state index contributed by atoms with van der Waals surface area (Å²) in [6, 6.07) is 0.639. The highest BCUT2D eigenvalue weighted by Gasteiger charge is 2.27. The molecule has 120 valence electrons. The molecule has 1 aromatic heterocycles. The lowest BCUT2D eigenvalue weighted by atomic mass is 9.96. The van der Waals surface area contributed by atoms with Gasteiger partial charge in [-0.2, -0.15) is 0 Å². The lowest BCUT2D eigenvalue weighted by Gasteiger charge is -2.30. The van der Waals surface area contributed by atoms with Crippen LogP contribution in [0.2, 0.25) is 0 Å². The molecule has 0 aliphatic rings. The highest BCUT2D eigenvalue weighted by atomic mass is 15.3. The van der Waals surface area contributed by atoms with Crippen molar-refractivity contribution in [3.8, 4) is 0 Å². The minimum absolute atomic E-state index is 0.200. The predicted molar refractivity (Wildman–Crippen MR) is 86.1 cm³/mol. The van der Waals surface area contributed by atoms with E-state index in [-0.39, 0.29) is 18.1 Å². The van der Waals surface area contributed by atoms with Crippen molar-refractivity contribution in [3.63, 3.8) is 0 Å². The fraction of sp³-hybridized carbons (Fsp3) is 0.800. The summed E-state index contributed by atoms with van der Waals surface area (Å²) in [7, 11) is 12.4. The van der Waals surface area contributed by atoms with Gasteiger partial charge in [0, 0.05) is 11.6 Å². The molecular weight excluding hydrogens is 264 g/mol. The van der Waals surface area contributed by atoms with Crippen molar-refractivity contribution in [1.29, 1.82) is 0 Å². The molecule has 0 amide bonds. The van der Waals surface area contributed by atoms with Crippen LogP contribution in [0.1, 0.15) is 55.8 Å². The van der Waals surface area contributed by atoms with Crippen LogP contribution < -0.4 is 0 Å². The summed E-state index contributed by atoms with van der Waals surface area (Å²) in [6.07, 6.45) is 0. The molecule has 6 nitrogen and oxygen atoms in total. The Hall–Kier alpha value is -1.11. The molecule has 0 N–H and O–H groups in total. The fourth-order valence-electron chi connectivity index (χ4n) is 2.15. The van der Waals surface area contributed by atoms with Gasteiger partial charge in [0.2, 0.25) is 0 Å². The molecule has 0 radical (unpaired) electrons. The fourth-order valence-corrected chi connectivity index (χ4v) is 2.15. The first-order chi connectivity index (χ1) is 9.68. The summed E-state index contributed by atoms with van der Waals surface area (Å²) < 4.78 is 0. The Morgan fingerprint density at radius 3 is 1.24 bits per heavy atom. The number of hydrogen-bond acceptors (Lipinski definition) is 6. The lowest BCUT2D eigenvalue weighted by molar-refractivity contribution is 0.270. The summed E-state index contributed by atoms with van der Waals surface area (Å²) in [5.41, 5.74) is 3.22. The van der Waals surface area contributed by atoms with Crippen molar-refractivity contribution in [3.05, 3.63) is 17.0 Å². The average molecular weight is 294 g/mol. The standard InChI is InChI=1S/C15H30N6/c1-10(19(4)5)13-14(11(2)20(6)7)16-18-17-15(13)12(3)21(8)9/h10-12H,1-9H3. The Labute approximate surface area is 129 Å². The van der Waals surface area contributed by atoms with Gasteiger partial charge >= 0.3 is 0 Å². The van der Waals surface area contributed by atoms with E-state index >= 15 is 0 Å². The maximum atomic E-state index is 4.36. The molecule has 6 heteroatoms. The van der Waals surface area contributed by atoms with Crippen molar-refractivity contribution in [1.82, 2.24) is 30.1 Å². The second kappa shape index (κ2) is 7.24. The number of hydrogen-bond donors (Lipinski definition) is 0. The van der Waals surface area contributed by atoms with E-state index in [0.717, 1.165) is 11.4 Å². The predicted octanol–water partition coefficient (Wildman–Crippen LogP) is 1.74. The van der Waals surface area contributed by atoms with Crippen molar-refractivity contribution < 1.29 is 0 Å². The van der Waals surface area contributed by atoms with Crippen LogP contribution in [0.15, 0.2) is 0 Å². The highest BCUT2D eigenvalue weighted by Crippen LogP contribution is 2.32. The summed E-state index contributed by atoms with van der Waals surface area (Å²) in [6.45, 7) is 6.50. The zero-order chi connectivity index (χ0) is 16.3. The normalized spacial score (nSPS) is 16.6. The first-order valence-corrected chi connectivity index (χ1v) is 7.40. The molecule has 1 heterocycles. The van der Waals surface area contributed by atoms with E-state index in [2.05, 4.69) is 93.2 Å². The van der Waals surface area contributed by atoms with Crippen LogP contribution in [0.5, 0.6) is 0 Å². The van der Waals surface area contributed by atoms with E-state index in [4.69, 9.17) is 0 Å². The third-order valence-corrected chi connectivity index (χ3v) is 4.39. The van der Waals surface area contributed by atoms with Gasteiger partial charge in [0.05, 0.1) is 23.5 Å². The van der Waals surface area contributed by atoms with Crippen LogP contribution >= 0.6 is 0 Å². The van der Waals surface area contributed by atoms with Gasteiger partial charge in [-0.3, -0.25) is 0 Å². The van der Waals surface area contributed by atoms with Crippen molar-refractivity contribution >= 4 is 0 Å². The van der Waals surface area contributed by atoms with E-state index in [1.54, 1.807) is 0 Å². The van der Waals surface area contributed by atoms with Gasteiger partial charge in [0.15, 0.2) is 0 Å². The SMILES string of the molecule is CC(c1nnnc(C(C)N(C)C)c1C(C)N(C)C)N(C)C. The van der Waals surface area contributed by atoms with Crippen LogP contribution in [0.3, 0.4) is 0 Å². The average Bonchev–Trinajstić information content (AvgIpc) is 2.43.